The Morgan fingerprint density at radius 2 is 1.35 bits per heavy atom. The van der Waals surface area contributed by atoms with Crippen LogP contribution in [0.25, 0.3) is 0 Å². The van der Waals surface area contributed by atoms with Crippen molar-refractivity contribution in [3.63, 3.8) is 0 Å². The highest BCUT2D eigenvalue weighted by Gasteiger charge is 2.17. The molecule has 0 atom stereocenters. The quantitative estimate of drug-likeness (QED) is 0.659. The van der Waals surface area contributed by atoms with E-state index in [0.29, 0.717) is 11.3 Å². The van der Waals surface area contributed by atoms with Crippen LogP contribution in [-0.4, -0.2) is 11.9 Å². The summed E-state index contributed by atoms with van der Waals surface area (Å²) < 4.78 is 0. The molecule has 3 amide bonds. The maximum atomic E-state index is 12.8. The van der Waals surface area contributed by atoms with Crippen molar-refractivity contribution in [2.24, 2.45) is 5.73 Å². The van der Waals surface area contributed by atoms with Crippen LogP contribution in [0.3, 0.4) is 0 Å². The van der Waals surface area contributed by atoms with E-state index in [-0.39, 0.29) is 11.9 Å². The number of carbonyl (C=O) groups excluding carboxylic acids is 2. The molecule has 0 aromatic heterocycles. The number of hydrogen-bond acceptors (Lipinski definition) is 2. The molecule has 130 valence electrons. The first kappa shape index (κ1) is 17.2. The van der Waals surface area contributed by atoms with E-state index in [4.69, 9.17) is 5.73 Å². The largest absolute Gasteiger partial charge is 0.351 e. The second kappa shape index (κ2) is 7.98. The highest BCUT2D eigenvalue weighted by Crippen LogP contribution is 2.22. The molecule has 0 saturated carbocycles. The van der Waals surface area contributed by atoms with Crippen molar-refractivity contribution in [1.82, 2.24) is 5.32 Å². The van der Waals surface area contributed by atoms with Crippen molar-refractivity contribution in [2.75, 3.05) is 5.32 Å². The molecule has 26 heavy (non-hydrogen) atoms. The lowest BCUT2D eigenvalue weighted by Crippen LogP contribution is -2.29. The number of rotatable bonds is 5. The van der Waals surface area contributed by atoms with Crippen LogP contribution < -0.4 is 16.4 Å². The van der Waals surface area contributed by atoms with E-state index in [0.717, 1.165) is 11.1 Å². The molecular formula is C21H19N3O2. The molecule has 0 heterocycles. The topological polar surface area (TPSA) is 84.2 Å². The van der Waals surface area contributed by atoms with Gasteiger partial charge in [-0.1, -0.05) is 66.7 Å². The molecule has 0 radical (unpaired) electrons. The predicted octanol–water partition coefficient (Wildman–Crippen LogP) is 3.70. The summed E-state index contributed by atoms with van der Waals surface area (Å²) in [6.45, 7) is 0. The van der Waals surface area contributed by atoms with Gasteiger partial charge >= 0.3 is 6.03 Å². The Kier molecular flexibility index (Phi) is 5.29. The summed E-state index contributed by atoms with van der Waals surface area (Å²) in [5.74, 6) is -0.240. The van der Waals surface area contributed by atoms with Crippen molar-refractivity contribution < 1.29 is 9.59 Å². The fourth-order valence-electron chi connectivity index (χ4n) is 2.74. The number of anilines is 1. The molecule has 3 rings (SSSR count). The molecule has 0 unspecified atom stereocenters. The molecule has 4 N–H and O–H groups in total. The Bertz CT molecular complexity index is 856. The van der Waals surface area contributed by atoms with Gasteiger partial charge in [0, 0.05) is 11.3 Å². The Labute approximate surface area is 151 Å². The lowest BCUT2D eigenvalue weighted by molar-refractivity contribution is 0.0943. The zero-order chi connectivity index (χ0) is 18.4. The molecule has 0 spiro atoms. The van der Waals surface area contributed by atoms with E-state index >= 15 is 0 Å². The Hall–Kier alpha value is -3.60. The van der Waals surface area contributed by atoms with Crippen LogP contribution in [0.4, 0.5) is 10.5 Å². The molecule has 0 bridgehead atoms. The number of urea groups is 1. The van der Waals surface area contributed by atoms with E-state index < -0.39 is 6.03 Å². The minimum Gasteiger partial charge on any atom is -0.351 e. The number of nitrogens with one attached hydrogen (secondary N) is 2. The fourth-order valence-corrected chi connectivity index (χ4v) is 2.74. The molecule has 0 fully saturated rings. The minimum atomic E-state index is -0.672. The highest BCUT2D eigenvalue weighted by molar-refractivity contribution is 5.97. The zero-order valence-corrected chi connectivity index (χ0v) is 14.1. The van der Waals surface area contributed by atoms with Gasteiger partial charge in [-0.05, 0) is 29.3 Å². The van der Waals surface area contributed by atoms with Gasteiger partial charge in [0.2, 0.25) is 0 Å². The smallest absolute Gasteiger partial charge is 0.316 e. The number of nitrogens with two attached hydrogens (primary N) is 1. The average Bonchev–Trinajstić information content (AvgIpc) is 2.67. The van der Waals surface area contributed by atoms with Gasteiger partial charge in [0.1, 0.15) is 0 Å². The molecule has 0 aliphatic heterocycles. The predicted molar refractivity (Wildman–Crippen MR) is 102 cm³/mol. The fraction of sp³-hybridized carbons (Fsp3) is 0.0476. The highest BCUT2D eigenvalue weighted by atomic mass is 16.2. The molecule has 5 heteroatoms. The molecule has 0 saturated heterocycles. The number of amides is 3. The third kappa shape index (κ3) is 4.27. The molecule has 3 aromatic carbocycles. The van der Waals surface area contributed by atoms with E-state index in [1.165, 1.54) is 0 Å². The van der Waals surface area contributed by atoms with Gasteiger partial charge in [-0.2, -0.15) is 0 Å². The summed E-state index contributed by atoms with van der Waals surface area (Å²) in [5, 5.41) is 5.54. The summed E-state index contributed by atoms with van der Waals surface area (Å²) >= 11 is 0. The van der Waals surface area contributed by atoms with Gasteiger partial charge in [0.25, 0.3) is 5.91 Å². The van der Waals surface area contributed by atoms with Crippen molar-refractivity contribution in [3.05, 3.63) is 102 Å². The van der Waals surface area contributed by atoms with Crippen LogP contribution in [0.2, 0.25) is 0 Å². The maximum absolute atomic E-state index is 12.8. The van der Waals surface area contributed by atoms with Gasteiger partial charge in [-0.25, -0.2) is 4.79 Å². The summed E-state index contributed by atoms with van der Waals surface area (Å²) in [7, 11) is 0. The maximum Gasteiger partial charge on any atom is 0.316 e. The standard InChI is InChI=1S/C21H19N3O2/c22-21(26)23-18-13-7-12-17(14-18)20(25)24-19(15-8-3-1-4-9-15)16-10-5-2-6-11-16/h1-14,19H,(H,24,25)(H3,22,23,26). The van der Waals surface area contributed by atoms with Crippen LogP contribution in [0, 0.1) is 0 Å². The average molecular weight is 345 g/mol. The molecular weight excluding hydrogens is 326 g/mol. The lowest BCUT2D eigenvalue weighted by atomic mass is 9.98. The second-order valence-corrected chi connectivity index (χ2v) is 5.80. The van der Waals surface area contributed by atoms with Gasteiger partial charge < -0.3 is 16.4 Å². The number of benzene rings is 3. The molecule has 0 aliphatic carbocycles. The van der Waals surface area contributed by atoms with E-state index in [2.05, 4.69) is 10.6 Å². The van der Waals surface area contributed by atoms with Crippen LogP contribution in [0.15, 0.2) is 84.9 Å². The summed E-state index contributed by atoms with van der Waals surface area (Å²) in [6.07, 6.45) is 0. The van der Waals surface area contributed by atoms with E-state index in [1.54, 1.807) is 24.3 Å². The first-order valence-electron chi connectivity index (χ1n) is 8.21. The van der Waals surface area contributed by atoms with Crippen LogP contribution in [0.5, 0.6) is 0 Å². The van der Waals surface area contributed by atoms with Gasteiger partial charge in [0.15, 0.2) is 0 Å². The van der Waals surface area contributed by atoms with Gasteiger partial charge in [0.05, 0.1) is 6.04 Å². The van der Waals surface area contributed by atoms with E-state index in [9.17, 15) is 9.59 Å². The summed E-state index contributed by atoms with van der Waals surface area (Å²) in [5.41, 5.74) is 8.01. The number of carbonyl (C=O) groups is 2. The third-order valence-corrected chi connectivity index (χ3v) is 3.93. The summed E-state index contributed by atoms with van der Waals surface area (Å²) in [6, 6.07) is 25.2. The first-order chi connectivity index (χ1) is 12.6. The lowest BCUT2D eigenvalue weighted by Gasteiger charge is -2.20. The summed E-state index contributed by atoms with van der Waals surface area (Å²) in [4.78, 5) is 23.8. The van der Waals surface area contributed by atoms with Crippen molar-refractivity contribution in [2.45, 2.75) is 6.04 Å². The van der Waals surface area contributed by atoms with Crippen LogP contribution >= 0.6 is 0 Å². The first-order valence-corrected chi connectivity index (χ1v) is 8.21. The normalized spacial score (nSPS) is 10.3. The Balaban J connectivity index is 1.88. The van der Waals surface area contributed by atoms with Gasteiger partial charge in [-0.15, -0.1) is 0 Å². The molecule has 0 aliphatic rings. The van der Waals surface area contributed by atoms with Crippen molar-refractivity contribution in [3.8, 4) is 0 Å². The zero-order valence-electron chi connectivity index (χ0n) is 14.1. The SMILES string of the molecule is NC(=O)Nc1cccc(C(=O)NC(c2ccccc2)c2ccccc2)c1. The molecule has 5 nitrogen and oxygen atoms in total. The minimum absolute atomic E-state index is 0.240. The van der Waals surface area contributed by atoms with Crippen molar-refractivity contribution >= 4 is 17.6 Å². The number of hydrogen-bond donors (Lipinski definition) is 3. The second-order valence-electron chi connectivity index (χ2n) is 5.80. The van der Waals surface area contributed by atoms with E-state index in [1.807, 2.05) is 60.7 Å². The van der Waals surface area contributed by atoms with Crippen LogP contribution in [-0.2, 0) is 0 Å². The number of primary amides is 1. The monoisotopic (exact) mass is 345 g/mol. The van der Waals surface area contributed by atoms with Crippen molar-refractivity contribution in [1.29, 1.82) is 0 Å². The molecule has 3 aromatic rings. The van der Waals surface area contributed by atoms with Crippen LogP contribution in [0.1, 0.15) is 27.5 Å². The Morgan fingerprint density at radius 3 is 1.88 bits per heavy atom. The Morgan fingerprint density at radius 1 is 0.769 bits per heavy atom. The third-order valence-electron chi connectivity index (χ3n) is 3.93. The van der Waals surface area contributed by atoms with Gasteiger partial charge in [-0.3, -0.25) is 4.79 Å².